The fourth-order valence-corrected chi connectivity index (χ4v) is 7.17. The van der Waals surface area contributed by atoms with E-state index in [1.54, 1.807) is 17.0 Å². The molecule has 0 unspecified atom stereocenters. The minimum absolute atomic E-state index is 0.149. The topological polar surface area (TPSA) is 70.6 Å². The van der Waals surface area contributed by atoms with Gasteiger partial charge < -0.3 is 0 Å². The van der Waals surface area contributed by atoms with Gasteiger partial charge in [0.1, 0.15) is 0 Å². The number of carbonyl (C=O) groups is 1. The number of thiazole rings is 1. The van der Waals surface area contributed by atoms with E-state index < -0.39 is 10.0 Å². The van der Waals surface area contributed by atoms with Gasteiger partial charge in [-0.1, -0.05) is 94.9 Å². The molecule has 198 valence electrons. The highest BCUT2D eigenvalue weighted by Gasteiger charge is 2.26. The summed E-state index contributed by atoms with van der Waals surface area (Å²) in [4.78, 5) is 20.3. The van der Waals surface area contributed by atoms with E-state index in [4.69, 9.17) is 4.98 Å². The number of nitrogens with zero attached hydrogens (tertiary/aromatic N) is 3. The molecule has 0 aliphatic rings. The van der Waals surface area contributed by atoms with E-state index in [2.05, 4.69) is 15.9 Å². The second kappa shape index (κ2) is 11.8. The van der Waals surface area contributed by atoms with Gasteiger partial charge in [-0.15, -0.1) is 0 Å². The van der Waals surface area contributed by atoms with Gasteiger partial charge in [0.2, 0.25) is 10.0 Å². The molecule has 6 nitrogen and oxygen atoms in total. The van der Waals surface area contributed by atoms with Crippen LogP contribution in [0.15, 0.2) is 112 Å². The average Bonchev–Trinajstić information content (AvgIpc) is 3.38. The molecular weight excluding hydrogens is 594 g/mol. The first-order chi connectivity index (χ1) is 18.8. The summed E-state index contributed by atoms with van der Waals surface area (Å²) in [5.74, 6) is -0.252. The molecule has 0 atom stereocenters. The Balaban J connectivity index is 1.44. The van der Waals surface area contributed by atoms with Crippen molar-refractivity contribution in [1.82, 2.24) is 9.29 Å². The van der Waals surface area contributed by atoms with Gasteiger partial charge in [-0.3, -0.25) is 9.69 Å². The highest BCUT2D eigenvalue weighted by atomic mass is 79.9. The van der Waals surface area contributed by atoms with Crippen LogP contribution in [0.5, 0.6) is 0 Å². The summed E-state index contributed by atoms with van der Waals surface area (Å²) in [6.07, 6.45) is 0. The van der Waals surface area contributed by atoms with E-state index in [0.29, 0.717) is 23.8 Å². The molecule has 0 fully saturated rings. The number of amides is 1. The molecule has 5 rings (SSSR count). The van der Waals surface area contributed by atoms with Crippen molar-refractivity contribution < 1.29 is 13.2 Å². The Morgan fingerprint density at radius 2 is 1.46 bits per heavy atom. The predicted molar refractivity (Wildman–Crippen MR) is 160 cm³/mol. The number of rotatable bonds is 9. The van der Waals surface area contributed by atoms with Crippen molar-refractivity contribution in [2.75, 3.05) is 11.4 Å². The molecule has 0 radical (unpaired) electrons. The average molecular weight is 621 g/mol. The van der Waals surface area contributed by atoms with Crippen LogP contribution in [-0.2, 0) is 23.1 Å². The lowest BCUT2D eigenvalue weighted by atomic mass is 10.1. The third-order valence-corrected chi connectivity index (χ3v) is 9.76. The van der Waals surface area contributed by atoms with Crippen molar-refractivity contribution in [3.63, 3.8) is 0 Å². The number of benzene rings is 4. The zero-order chi connectivity index (χ0) is 27.4. The zero-order valence-electron chi connectivity index (χ0n) is 21.2. The Morgan fingerprint density at radius 3 is 2.08 bits per heavy atom. The molecular formula is C30H26BrN3O3S2. The quantitative estimate of drug-likeness (QED) is 0.176. The maximum Gasteiger partial charge on any atom is 0.260 e. The molecule has 1 heterocycles. The van der Waals surface area contributed by atoms with Crippen LogP contribution in [0.1, 0.15) is 28.4 Å². The normalized spacial score (nSPS) is 11.7. The van der Waals surface area contributed by atoms with Gasteiger partial charge in [0.05, 0.1) is 21.7 Å². The summed E-state index contributed by atoms with van der Waals surface area (Å²) in [5.41, 5.74) is 3.07. The Morgan fingerprint density at radius 1 is 0.846 bits per heavy atom. The first-order valence-corrected chi connectivity index (χ1v) is 15.5. The molecule has 0 saturated carbocycles. The van der Waals surface area contributed by atoms with E-state index in [1.165, 1.54) is 27.8 Å². The van der Waals surface area contributed by atoms with Crippen molar-refractivity contribution in [2.24, 2.45) is 0 Å². The highest BCUT2D eigenvalue weighted by Crippen LogP contribution is 2.33. The van der Waals surface area contributed by atoms with Crippen LogP contribution in [-0.4, -0.2) is 30.2 Å². The summed E-state index contributed by atoms with van der Waals surface area (Å²) in [5, 5.41) is 0.577. The fourth-order valence-electron chi connectivity index (χ4n) is 4.22. The van der Waals surface area contributed by atoms with Crippen LogP contribution in [0, 0.1) is 0 Å². The standard InChI is InChI=1S/C30H26BrN3O3S2/c1-2-33(20-22-9-5-3-6-10-22)39(36,37)26-16-13-24(14-17-26)29(35)34(21-23-11-7-4-8-12-23)30-32-27-18-15-25(31)19-28(27)38-30/h3-19H,2,20-21H2,1H3. The van der Waals surface area contributed by atoms with Crippen LogP contribution in [0.4, 0.5) is 5.13 Å². The smallest absolute Gasteiger partial charge is 0.260 e. The van der Waals surface area contributed by atoms with Crippen LogP contribution in [0.2, 0.25) is 0 Å². The molecule has 0 aliphatic carbocycles. The SMILES string of the molecule is CCN(Cc1ccccc1)S(=O)(=O)c1ccc(C(=O)N(Cc2ccccc2)c2nc3ccc(Br)cc3s2)cc1. The second-order valence-electron chi connectivity index (χ2n) is 8.93. The van der Waals surface area contributed by atoms with Crippen LogP contribution >= 0.6 is 27.3 Å². The summed E-state index contributed by atoms with van der Waals surface area (Å²) in [6, 6.07) is 31.2. The summed E-state index contributed by atoms with van der Waals surface area (Å²) < 4.78 is 30.1. The Bertz CT molecular complexity index is 1690. The largest absolute Gasteiger partial charge is 0.279 e. The van der Waals surface area contributed by atoms with E-state index in [0.717, 1.165) is 25.8 Å². The fraction of sp³-hybridized carbons (Fsp3) is 0.133. The van der Waals surface area contributed by atoms with Gasteiger partial charge in [-0.05, 0) is 53.6 Å². The first-order valence-electron chi connectivity index (χ1n) is 12.4. The summed E-state index contributed by atoms with van der Waals surface area (Å²) in [6.45, 7) is 2.76. The molecule has 1 aromatic heterocycles. The maximum atomic E-state index is 13.8. The van der Waals surface area contributed by atoms with Crippen molar-refractivity contribution in [1.29, 1.82) is 0 Å². The molecule has 0 bridgehead atoms. The van der Waals surface area contributed by atoms with Gasteiger partial charge in [0.25, 0.3) is 5.91 Å². The third kappa shape index (κ3) is 6.12. The minimum Gasteiger partial charge on any atom is -0.279 e. The van der Waals surface area contributed by atoms with Gasteiger partial charge in [0.15, 0.2) is 5.13 Å². The van der Waals surface area contributed by atoms with Gasteiger partial charge in [-0.2, -0.15) is 4.31 Å². The van der Waals surface area contributed by atoms with Crippen molar-refractivity contribution in [3.05, 3.63) is 124 Å². The number of anilines is 1. The van der Waals surface area contributed by atoms with Crippen molar-refractivity contribution in [3.8, 4) is 0 Å². The van der Waals surface area contributed by atoms with Crippen LogP contribution < -0.4 is 4.90 Å². The van der Waals surface area contributed by atoms with Gasteiger partial charge in [0, 0.05) is 23.1 Å². The van der Waals surface area contributed by atoms with Crippen molar-refractivity contribution >= 4 is 58.5 Å². The van der Waals surface area contributed by atoms with Crippen LogP contribution in [0.25, 0.3) is 10.2 Å². The number of aromatic nitrogens is 1. The lowest BCUT2D eigenvalue weighted by Gasteiger charge is -2.22. The number of fused-ring (bicyclic) bond motifs is 1. The molecule has 0 aliphatic heterocycles. The number of sulfonamides is 1. The summed E-state index contributed by atoms with van der Waals surface area (Å²) >= 11 is 4.94. The van der Waals surface area contributed by atoms with E-state index >= 15 is 0 Å². The first kappa shape index (κ1) is 27.2. The zero-order valence-corrected chi connectivity index (χ0v) is 24.4. The Kier molecular flexibility index (Phi) is 8.23. The molecule has 0 N–H and O–H groups in total. The molecule has 1 amide bonds. The Labute approximate surface area is 240 Å². The number of hydrogen-bond acceptors (Lipinski definition) is 5. The monoisotopic (exact) mass is 619 g/mol. The summed E-state index contributed by atoms with van der Waals surface area (Å²) in [7, 11) is -3.74. The lowest BCUT2D eigenvalue weighted by Crippen LogP contribution is -2.31. The number of carbonyl (C=O) groups excluding carboxylic acids is 1. The third-order valence-electron chi connectivity index (χ3n) is 6.29. The minimum atomic E-state index is -3.74. The van der Waals surface area contributed by atoms with Gasteiger partial charge >= 0.3 is 0 Å². The van der Waals surface area contributed by atoms with Crippen LogP contribution in [0.3, 0.4) is 0 Å². The molecule has 0 saturated heterocycles. The maximum absolute atomic E-state index is 13.8. The highest BCUT2D eigenvalue weighted by molar-refractivity contribution is 9.10. The lowest BCUT2D eigenvalue weighted by molar-refractivity contribution is 0.0985. The Hall–Kier alpha value is -3.37. The molecule has 5 aromatic rings. The van der Waals surface area contributed by atoms with E-state index in [-0.39, 0.29) is 17.3 Å². The number of hydrogen-bond donors (Lipinski definition) is 0. The van der Waals surface area contributed by atoms with E-state index in [9.17, 15) is 13.2 Å². The van der Waals surface area contributed by atoms with Crippen molar-refractivity contribution in [2.45, 2.75) is 24.9 Å². The molecule has 0 spiro atoms. The van der Waals surface area contributed by atoms with Gasteiger partial charge in [-0.25, -0.2) is 13.4 Å². The molecule has 4 aromatic carbocycles. The van der Waals surface area contributed by atoms with E-state index in [1.807, 2.05) is 85.8 Å². The molecule has 9 heteroatoms. The number of halogens is 1. The predicted octanol–water partition coefficient (Wildman–Crippen LogP) is 7.12. The molecule has 39 heavy (non-hydrogen) atoms. The second-order valence-corrected chi connectivity index (χ2v) is 12.8.